The van der Waals surface area contributed by atoms with Gasteiger partial charge in [0, 0.05) is 6.20 Å². The van der Waals surface area contributed by atoms with Gasteiger partial charge in [-0.1, -0.05) is 18.2 Å². The maximum atomic E-state index is 14.8. The normalized spacial score (nSPS) is 24.6. The van der Waals surface area contributed by atoms with E-state index in [1.54, 1.807) is 32.0 Å². The Hall–Kier alpha value is -2.83. The Kier molecular flexibility index (Phi) is 8.62. The summed E-state index contributed by atoms with van der Waals surface area (Å²) in [6, 6.07) is 8.20. The number of aliphatic hydroxyl groups is 1. The molecule has 14 heteroatoms. The van der Waals surface area contributed by atoms with Crippen LogP contribution in [0.4, 0.5) is 10.2 Å². The number of ether oxygens (including phenoxy) is 2. The zero-order valence-electron chi connectivity index (χ0n) is 19.3. The molecule has 2 heterocycles. The molecule has 2 unspecified atom stereocenters. The van der Waals surface area contributed by atoms with E-state index < -0.39 is 62.8 Å². The molecule has 1 fully saturated rings. The Morgan fingerprint density at radius 2 is 2.00 bits per heavy atom. The van der Waals surface area contributed by atoms with E-state index in [9.17, 15) is 23.7 Å². The van der Waals surface area contributed by atoms with Crippen LogP contribution in [-0.2, 0) is 23.4 Å². The number of rotatable bonds is 10. The van der Waals surface area contributed by atoms with Crippen molar-refractivity contribution in [3.63, 3.8) is 0 Å². The van der Waals surface area contributed by atoms with Crippen LogP contribution in [0.25, 0.3) is 0 Å². The van der Waals surface area contributed by atoms with Crippen molar-refractivity contribution in [2.75, 3.05) is 12.3 Å². The first-order valence-corrected chi connectivity index (χ1v) is 12.3. The van der Waals surface area contributed by atoms with Crippen LogP contribution < -0.4 is 21.0 Å². The molecule has 6 atom stereocenters. The molecule has 0 radical (unpaired) electrons. The van der Waals surface area contributed by atoms with E-state index in [-0.39, 0.29) is 11.6 Å². The SMILES string of the molecule is CC(C)OC(=O)[C@@H](C)NP(=O)(OC[C@H]1OC(n2ccc(N)nc2=O)[C@@H](F)[C@@H]1O)Oc1ccccc1. The lowest BCUT2D eigenvalue weighted by Crippen LogP contribution is -2.37. The monoisotopic (exact) mass is 514 g/mol. The lowest BCUT2D eigenvalue weighted by molar-refractivity contribution is -0.149. The van der Waals surface area contributed by atoms with Gasteiger partial charge in [-0.05, 0) is 39.0 Å². The first kappa shape index (κ1) is 26.8. The van der Waals surface area contributed by atoms with Gasteiger partial charge in [0.1, 0.15) is 29.8 Å². The van der Waals surface area contributed by atoms with Crippen molar-refractivity contribution < 1.29 is 37.4 Å². The molecule has 0 spiro atoms. The number of halogens is 1. The summed E-state index contributed by atoms with van der Waals surface area (Å²) in [6.07, 6.45) is -5.81. The Labute approximate surface area is 200 Å². The number of esters is 1. The predicted molar refractivity (Wildman–Crippen MR) is 122 cm³/mol. The average molecular weight is 514 g/mol. The third kappa shape index (κ3) is 6.86. The number of hydrogen-bond donors (Lipinski definition) is 3. The topological polar surface area (TPSA) is 164 Å². The number of carbonyl (C=O) groups excluding carboxylic acids is 1. The molecule has 0 amide bonds. The number of nitrogens with two attached hydrogens (primary N) is 1. The van der Waals surface area contributed by atoms with Crippen molar-refractivity contribution in [2.45, 2.75) is 57.5 Å². The molecule has 192 valence electrons. The second-order valence-electron chi connectivity index (χ2n) is 8.08. The Morgan fingerprint density at radius 1 is 1.31 bits per heavy atom. The number of carbonyl (C=O) groups is 1. The largest absolute Gasteiger partial charge is 0.462 e. The fourth-order valence-corrected chi connectivity index (χ4v) is 4.69. The Balaban J connectivity index is 1.75. The van der Waals surface area contributed by atoms with Gasteiger partial charge in [0.2, 0.25) is 0 Å². The first-order valence-electron chi connectivity index (χ1n) is 10.8. The quantitative estimate of drug-likeness (QED) is 0.311. The molecular formula is C21H28FN4O8P. The first-order chi connectivity index (χ1) is 16.5. The summed E-state index contributed by atoms with van der Waals surface area (Å²) >= 11 is 0. The van der Waals surface area contributed by atoms with Crippen LogP contribution >= 0.6 is 7.75 Å². The number of aromatic nitrogens is 2. The molecule has 4 N–H and O–H groups in total. The van der Waals surface area contributed by atoms with Gasteiger partial charge < -0.3 is 24.8 Å². The molecule has 0 saturated carbocycles. The Bertz CT molecular complexity index is 1120. The molecule has 3 rings (SSSR count). The molecule has 1 aliphatic heterocycles. The van der Waals surface area contributed by atoms with Crippen LogP contribution in [0.5, 0.6) is 5.75 Å². The third-order valence-corrected chi connectivity index (χ3v) is 6.50. The summed E-state index contributed by atoms with van der Waals surface area (Å²) in [7, 11) is -4.26. The summed E-state index contributed by atoms with van der Waals surface area (Å²) < 4.78 is 50.6. The number of nitrogens with one attached hydrogen (secondary N) is 1. The second-order valence-corrected chi connectivity index (χ2v) is 9.77. The van der Waals surface area contributed by atoms with Gasteiger partial charge >= 0.3 is 19.4 Å². The zero-order valence-corrected chi connectivity index (χ0v) is 20.2. The van der Waals surface area contributed by atoms with Gasteiger partial charge in [-0.2, -0.15) is 10.1 Å². The summed E-state index contributed by atoms with van der Waals surface area (Å²) in [4.78, 5) is 27.8. The van der Waals surface area contributed by atoms with E-state index in [4.69, 9.17) is 24.3 Å². The highest BCUT2D eigenvalue weighted by Gasteiger charge is 2.47. The van der Waals surface area contributed by atoms with Crippen LogP contribution in [0.15, 0.2) is 47.4 Å². The van der Waals surface area contributed by atoms with E-state index in [0.717, 1.165) is 4.57 Å². The number of nitrogens with zero attached hydrogens (tertiary/aromatic N) is 2. The van der Waals surface area contributed by atoms with Gasteiger partial charge in [0.05, 0.1) is 12.7 Å². The van der Waals surface area contributed by atoms with E-state index in [1.807, 2.05) is 0 Å². The molecule has 1 aromatic heterocycles. The van der Waals surface area contributed by atoms with Gasteiger partial charge in [-0.25, -0.2) is 13.8 Å². The number of aliphatic hydroxyl groups excluding tert-OH is 1. The van der Waals surface area contributed by atoms with Gasteiger partial charge in [0.25, 0.3) is 0 Å². The minimum atomic E-state index is -4.26. The van der Waals surface area contributed by atoms with Gasteiger partial charge in [0.15, 0.2) is 12.4 Å². The molecule has 1 aromatic carbocycles. The summed E-state index contributed by atoms with van der Waals surface area (Å²) in [5, 5.41) is 12.8. The smallest absolute Gasteiger partial charge is 0.459 e. The van der Waals surface area contributed by atoms with Crippen LogP contribution in [0.3, 0.4) is 0 Å². The minimum Gasteiger partial charge on any atom is -0.462 e. The molecule has 35 heavy (non-hydrogen) atoms. The van der Waals surface area contributed by atoms with E-state index in [2.05, 4.69) is 10.1 Å². The highest BCUT2D eigenvalue weighted by atomic mass is 31.2. The summed E-state index contributed by atoms with van der Waals surface area (Å²) in [5.74, 6) is -0.589. The molecule has 1 saturated heterocycles. The molecule has 12 nitrogen and oxygen atoms in total. The number of alkyl halides is 1. The van der Waals surface area contributed by atoms with Gasteiger partial charge in [-0.3, -0.25) is 13.9 Å². The zero-order chi connectivity index (χ0) is 25.8. The van der Waals surface area contributed by atoms with Crippen LogP contribution in [0, 0.1) is 0 Å². The molecule has 1 aliphatic rings. The van der Waals surface area contributed by atoms with Crippen molar-refractivity contribution in [3.05, 3.63) is 53.1 Å². The molecule has 2 aromatic rings. The highest BCUT2D eigenvalue weighted by Crippen LogP contribution is 2.46. The average Bonchev–Trinajstić information content (AvgIpc) is 3.06. The Morgan fingerprint density at radius 3 is 2.63 bits per heavy atom. The van der Waals surface area contributed by atoms with Crippen molar-refractivity contribution >= 4 is 19.5 Å². The fourth-order valence-electron chi connectivity index (χ4n) is 3.19. The number of para-hydroxylation sites is 1. The van der Waals surface area contributed by atoms with Crippen molar-refractivity contribution in [3.8, 4) is 5.75 Å². The number of nitrogen functional groups attached to an aromatic ring is 1. The van der Waals surface area contributed by atoms with E-state index >= 15 is 0 Å². The standard InChI is InChI=1S/C21H28FN4O8P/c1-12(2)32-20(28)13(3)25-35(30,34-14-7-5-4-6-8-14)31-11-15-18(27)17(22)19(33-15)26-10-9-16(23)24-21(26)29/h4-10,12-13,15,17-19,27H,11H2,1-3H3,(H,25,30)(H2,23,24,29)/t13-,15-,17+,18-,19?,35?/m1/s1. The molecule has 0 aliphatic carbocycles. The number of benzene rings is 1. The predicted octanol–water partition coefficient (Wildman–Crippen LogP) is 1.56. The maximum Gasteiger partial charge on any atom is 0.459 e. The highest BCUT2D eigenvalue weighted by molar-refractivity contribution is 7.52. The molecular weight excluding hydrogens is 486 g/mol. The van der Waals surface area contributed by atoms with Crippen LogP contribution in [-0.4, -0.2) is 57.8 Å². The van der Waals surface area contributed by atoms with Crippen molar-refractivity contribution in [2.24, 2.45) is 0 Å². The fraction of sp³-hybridized carbons (Fsp3) is 0.476. The van der Waals surface area contributed by atoms with E-state index in [0.29, 0.717) is 0 Å². The van der Waals surface area contributed by atoms with E-state index in [1.165, 1.54) is 31.3 Å². The third-order valence-electron chi connectivity index (χ3n) is 4.85. The van der Waals surface area contributed by atoms with Gasteiger partial charge in [-0.15, -0.1) is 0 Å². The summed E-state index contributed by atoms with van der Waals surface area (Å²) in [6.45, 7) is 4.12. The van der Waals surface area contributed by atoms with Crippen LogP contribution in [0.1, 0.15) is 27.0 Å². The number of hydrogen-bond acceptors (Lipinski definition) is 10. The summed E-state index contributed by atoms with van der Waals surface area (Å²) in [5.41, 5.74) is 4.58. The lowest BCUT2D eigenvalue weighted by atomic mass is 10.1. The maximum absolute atomic E-state index is 14.8. The second kappa shape index (κ2) is 11.3. The number of anilines is 1. The lowest BCUT2D eigenvalue weighted by Gasteiger charge is -2.25. The van der Waals surface area contributed by atoms with Crippen molar-refractivity contribution in [1.82, 2.24) is 14.6 Å². The minimum absolute atomic E-state index is 0.0599. The molecule has 0 bridgehead atoms. The van der Waals surface area contributed by atoms with Crippen molar-refractivity contribution in [1.29, 1.82) is 0 Å². The van der Waals surface area contributed by atoms with Crippen LogP contribution in [0.2, 0.25) is 0 Å².